The molecule has 0 aromatic heterocycles. The van der Waals surface area contributed by atoms with Crippen molar-refractivity contribution in [1.82, 2.24) is 4.90 Å². The van der Waals surface area contributed by atoms with Crippen molar-refractivity contribution in [3.63, 3.8) is 0 Å². The molecule has 1 aliphatic heterocycles. The minimum atomic E-state index is -0.975. The van der Waals surface area contributed by atoms with Crippen molar-refractivity contribution in [2.24, 2.45) is 5.92 Å². The third-order valence-electron chi connectivity index (χ3n) is 6.49. The molecule has 3 unspecified atom stereocenters. The van der Waals surface area contributed by atoms with E-state index in [2.05, 4.69) is 4.90 Å². The minimum absolute atomic E-state index is 0.321. The predicted molar refractivity (Wildman–Crippen MR) is 103 cm³/mol. The third kappa shape index (κ3) is 6.14. The second-order valence-corrected chi connectivity index (χ2v) is 8.31. The zero-order valence-electron chi connectivity index (χ0n) is 16.8. The number of esters is 1. The van der Waals surface area contributed by atoms with E-state index < -0.39 is 12.1 Å². The number of fused-ring (bicyclic) bond motifs is 1. The van der Waals surface area contributed by atoms with Gasteiger partial charge in [0.1, 0.15) is 0 Å². The summed E-state index contributed by atoms with van der Waals surface area (Å²) >= 11 is 0. The number of aliphatic hydroxyl groups excluding tert-OH is 1. The van der Waals surface area contributed by atoms with Gasteiger partial charge in [0.15, 0.2) is 6.10 Å². The molecule has 0 aromatic rings. The maximum Gasteiger partial charge on any atom is 0.334 e. The number of ether oxygens (including phenoxy) is 3. The molecule has 27 heavy (non-hydrogen) atoms. The summed E-state index contributed by atoms with van der Waals surface area (Å²) in [5.74, 6) is -0.0890. The Bertz CT molecular complexity index is 450. The summed E-state index contributed by atoms with van der Waals surface area (Å²) < 4.78 is 17.0. The summed E-state index contributed by atoms with van der Waals surface area (Å²) in [5, 5.41) is 9.93. The van der Waals surface area contributed by atoms with Crippen LogP contribution in [-0.4, -0.2) is 73.2 Å². The lowest BCUT2D eigenvalue weighted by Crippen LogP contribution is -2.53. The summed E-state index contributed by atoms with van der Waals surface area (Å²) in [6, 6.07) is 0.594. The molecule has 0 aromatic carbocycles. The summed E-state index contributed by atoms with van der Waals surface area (Å²) in [4.78, 5) is 14.1. The van der Waals surface area contributed by atoms with Crippen LogP contribution in [0.15, 0.2) is 0 Å². The molecule has 6 heteroatoms. The number of rotatable bonds is 8. The highest BCUT2D eigenvalue weighted by molar-refractivity contribution is 5.74. The van der Waals surface area contributed by atoms with Crippen molar-refractivity contribution >= 4 is 5.97 Å². The molecule has 1 heterocycles. The van der Waals surface area contributed by atoms with Crippen LogP contribution in [0.2, 0.25) is 0 Å². The summed E-state index contributed by atoms with van der Waals surface area (Å²) in [5.41, 5.74) is 0. The fourth-order valence-electron chi connectivity index (χ4n) is 4.98. The first-order chi connectivity index (χ1) is 13.2. The Balaban J connectivity index is 1.31. The first kappa shape index (κ1) is 21.0. The molecule has 3 fully saturated rings. The fourth-order valence-corrected chi connectivity index (χ4v) is 4.98. The first-order valence-electron chi connectivity index (χ1n) is 11.0. The monoisotopic (exact) mass is 383 g/mol. The Kier molecular flexibility index (Phi) is 8.37. The average Bonchev–Trinajstić information content (AvgIpc) is 2.69. The lowest BCUT2D eigenvalue weighted by molar-refractivity contribution is -0.154. The van der Waals surface area contributed by atoms with Crippen molar-refractivity contribution in [1.29, 1.82) is 0 Å². The highest BCUT2D eigenvalue weighted by Gasteiger charge is 2.34. The lowest BCUT2D eigenvalue weighted by Gasteiger charge is -2.44. The summed E-state index contributed by atoms with van der Waals surface area (Å²) in [6.07, 6.45) is 9.49. The van der Waals surface area contributed by atoms with Gasteiger partial charge in [-0.25, -0.2) is 4.79 Å². The molecule has 0 spiro atoms. The Labute approximate surface area is 163 Å². The molecule has 0 bridgehead atoms. The van der Waals surface area contributed by atoms with Gasteiger partial charge < -0.3 is 19.3 Å². The van der Waals surface area contributed by atoms with E-state index in [1.54, 1.807) is 6.92 Å². The van der Waals surface area contributed by atoms with Gasteiger partial charge in [0.25, 0.3) is 0 Å². The zero-order valence-corrected chi connectivity index (χ0v) is 16.8. The molecule has 1 N–H and O–H groups in total. The van der Waals surface area contributed by atoms with E-state index in [-0.39, 0.29) is 0 Å². The van der Waals surface area contributed by atoms with Crippen LogP contribution >= 0.6 is 0 Å². The van der Waals surface area contributed by atoms with Gasteiger partial charge in [-0.05, 0) is 57.8 Å². The molecular weight excluding hydrogens is 346 g/mol. The number of aliphatic hydroxyl groups is 1. The molecule has 156 valence electrons. The number of morpholine rings is 1. The lowest BCUT2D eigenvalue weighted by atomic mass is 9.84. The molecular formula is C21H37NO5. The van der Waals surface area contributed by atoms with Crippen LogP contribution in [0, 0.1) is 5.92 Å². The topological polar surface area (TPSA) is 68.2 Å². The molecule has 3 atom stereocenters. The normalized spacial score (nSPS) is 33.3. The van der Waals surface area contributed by atoms with Crippen LogP contribution < -0.4 is 0 Å². The van der Waals surface area contributed by atoms with Crippen molar-refractivity contribution < 1.29 is 24.1 Å². The Morgan fingerprint density at radius 1 is 1.19 bits per heavy atom. The van der Waals surface area contributed by atoms with E-state index in [9.17, 15) is 9.90 Å². The SMILES string of the molecule is CCOC(=O)C(O)CC1CCC(OCCN2CCOC3CCCCC32)CC1. The van der Waals surface area contributed by atoms with E-state index in [0.29, 0.717) is 37.2 Å². The molecule has 3 aliphatic rings. The second-order valence-electron chi connectivity index (χ2n) is 8.31. The van der Waals surface area contributed by atoms with Crippen LogP contribution in [0.5, 0.6) is 0 Å². The van der Waals surface area contributed by atoms with E-state index in [0.717, 1.165) is 52.0 Å². The van der Waals surface area contributed by atoms with E-state index in [1.165, 1.54) is 25.7 Å². The van der Waals surface area contributed by atoms with Crippen molar-refractivity contribution in [3.05, 3.63) is 0 Å². The first-order valence-corrected chi connectivity index (χ1v) is 11.0. The maximum absolute atomic E-state index is 11.6. The molecule has 0 amide bonds. The standard InChI is InChI=1S/C21H37NO5/c1-2-25-21(24)19(23)15-16-7-9-17(10-8-16)26-13-11-22-12-14-27-20-6-4-3-5-18(20)22/h16-20,23H,2-15H2,1H3. The van der Waals surface area contributed by atoms with Crippen LogP contribution in [0.3, 0.4) is 0 Å². The fraction of sp³-hybridized carbons (Fsp3) is 0.952. The molecule has 6 nitrogen and oxygen atoms in total. The van der Waals surface area contributed by atoms with Crippen molar-refractivity contribution in [2.75, 3.05) is 32.9 Å². The Morgan fingerprint density at radius 2 is 1.96 bits per heavy atom. The van der Waals surface area contributed by atoms with Gasteiger partial charge in [-0.1, -0.05) is 12.8 Å². The highest BCUT2D eigenvalue weighted by Crippen LogP contribution is 2.30. The summed E-state index contributed by atoms with van der Waals surface area (Å²) in [6.45, 7) is 5.77. The number of carbonyl (C=O) groups is 1. The van der Waals surface area contributed by atoms with Crippen LogP contribution in [0.4, 0.5) is 0 Å². The van der Waals surface area contributed by atoms with Crippen LogP contribution in [0.1, 0.15) is 64.7 Å². The second kappa shape index (κ2) is 10.7. The van der Waals surface area contributed by atoms with Crippen molar-refractivity contribution in [3.8, 4) is 0 Å². The largest absolute Gasteiger partial charge is 0.464 e. The quantitative estimate of drug-likeness (QED) is 0.650. The van der Waals surface area contributed by atoms with Crippen molar-refractivity contribution in [2.45, 2.75) is 89.1 Å². The van der Waals surface area contributed by atoms with E-state index >= 15 is 0 Å². The van der Waals surface area contributed by atoms with Crippen LogP contribution in [0.25, 0.3) is 0 Å². The highest BCUT2D eigenvalue weighted by atomic mass is 16.5. The zero-order chi connectivity index (χ0) is 19.1. The van der Waals surface area contributed by atoms with Crippen LogP contribution in [-0.2, 0) is 19.0 Å². The number of carbonyl (C=O) groups excluding carboxylic acids is 1. The number of hydrogen-bond donors (Lipinski definition) is 1. The maximum atomic E-state index is 11.6. The Morgan fingerprint density at radius 3 is 2.74 bits per heavy atom. The third-order valence-corrected chi connectivity index (χ3v) is 6.49. The molecule has 2 aliphatic carbocycles. The Hall–Kier alpha value is -0.690. The van der Waals surface area contributed by atoms with Gasteiger partial charge >= 0.3 is 5.97 Å². The smallest absolute Gasteiger partial charge is 0.334 e. The van der Waals surface area contributed by atoms with Gasteiger partial charge in [-0.3, -0.25) is 4.90 Å². The average molecular weight is 384 g/mol. The molecule has 0 radical (unpaired) electrons. The number of hydrogen-bond acceptors (Lipinski definition) is 6. The predicted octanol–water partition coefficient (Wildman–Crippen LogP) is 2.52. The van der Waals surface area contributed by atoms with E-state index in [4.69, 9.17) is 14.2 Å². The van der Waals surface area contributed by atoms with Gasteiger partial charge in [0.2, 0.25) is 0 Å². The number of nitrogens with zero attached hydrogens (tertiary/aromatic N) is 1. The molecule has 2 saturated carbocycles. The van der Waals surface area contributed by atoms with Gasteiger partial charge in [0, 0.05) is 19.1 Å². The summed E-state index contributed by atoms with van der Waals surface area (Å²) in [7, 11) is 0. The molecule has 1 saturated heterocycles. The molecule has 3 rings (SSSR count). The minimum Gasteiger partial charge on any atom is -0.464 e. The van der Waals surface area contributed by atoms with Gasteiger partial charge in [0.05, 0.1) is 32.0 Å². The van der Waals surface area contributed by atoms with Gasteiger partial charge in [-0.2, -0.15) is 0 Å². The van der Waals surface area contributed by atoms with E-state index in [1.807, 2.05) is 0 Å². The van der Waals surface area contributed by atoms with Gasteiger partial charge in [-0.15, -0.1) is 0 Å².